The standard InChI is InChI=1S/C18H19NO4/c1-2-14-16(22)17(23-14)19-11-3-4-12-10(7-11)9-18(5-6-18)13(12)8-15(20)21/h2-4,7,13,19,22H,5-6,8-9H2,1H3,(H,20,21)/b14-2+. The van der Waals surface area contributed by atoms with E-state index in [4.69, 9.17) is 4.74 Å². The Balaban J connectivity index is 1.59. The summed E-state index contributed by atoms with van der Waals surface area (Å²) in [5, 5.41) is 22.1. The van der Waals surface area contributed by atoms with Crippen molar-refractivity contribution in [2.24, 2.45) is 5.41 Å². The van der Waals surface area contributed by atoms with Gasteiger partial charge in [0, 0.05) is 11.6 Å². The molecule has 3 aliphatic rings. The van der Waals surface area contributed by atoms with Crippen molar-refractivity contribution in [1.29, 1.82) is 0 Å². The molecule has 1 aliphatic heterocycles. The van der Waals surface area contributed by atoms with Crippen LogP contribution in [0, 0.1) is 5.41 Å². The molecular formula is C18H19NO4. The molecule has 0 radical (unpaired) electrons. The summed E-state index contributed by atoms with van der Waals surface area (Å²) in [6.45, 7) is 1.80. The molecule has 2 aliphatic carbocycles. The number of nitrogens with one attached hydrogen (secondary N) is 1. The van der Waals surface area contributed by atoms with E-state index in [1.807, 2.05) is 12.1 Å². The molecule has 0 bridgehead atoms. The first kappa shape index (κ1) is 14.2. The molecule has 0 saturated heterocycles. The first-order valence-corrected chi connectivity index (χ1v) is 7.92. The third kappa shape index (κ3) is 2.19. The summed E-state index contributed by atoms with van der Waals surface area (Å²) in [4.78, 5) is 11.2. The summed E-state index contributed by atoms with van der Waals surface area (Å²) in [6.07, 6.45) is 5.09. The van der Waals surface area contributed by atoms with Gasteiger partial charge in [0.1, 0.15) is 0 Å². The van der Waals surface area contributed by atoms with E-state index in [1.54, 1.807) is 13.0 Å². The number of carboxylic acids is 1. The van der Waals surface area contributed by atoms with Crippen LogP contribution < -0.4 is 5.32 Å². The van der Waals surface area contributed by atoms with Crippen LogP contribution in [-0.2, 0) is 16.0 Å². The highest BCUT2D eigenvalue weighted by atomic mass is 16.5. The number of benzene rings is 1. The first-order chi connectivity index (χ1) is 11.0. The number of allylic oxidation sites excluding steroid dienone is 1. The van der Waals surface area contributed by atoms with Crippen LogP contribution in [0.25, 0.3) is 0 Å². The van der Waals surface area contributed by atoms with Crippen LogP contribution in [0.3, 0.4) is 0 Å². The number of hydrogen-bond donors (Lipinski definition) is 3. The van der Waals surface area contributed by atoms with Gasteiger partial charge in [0.15, 0.2) is 5.76 Å². The van der Waals surface area contributed by atoms with E-state index in [-0.39, 0.29) is 23.5 Å². The van der Waals surface area contributed by atoms with Crippen LogP contribution in [0.15, 0.2) is 41.7 Å². The maximum absolute atomic E-state index is 11.2. The fourth-order valence-corrected chi connectivity index (χ4v) is 3.88. The molecule has 1 fully saturated rings. The smallest absolute Gasteiger partial charge is 0.303 e. The summed E-state index contributed by atoms with van der Waals surface area (Å²) >= 11 is 0. The quantitative estimate of drug-likeness (QED) is 0.790. The van der Waals surface area contributed by atoms with Crippen molar-refractivity contribution in [2.45, 2.75) is 38.5 Å². The molecule has 0 aromatic heterocycles. The second-order valence-corrected chi connectivity index (χ2v) is 6.66. The summed E-state index contributed by atoms with van der Waals surface area (Å²) in [6, 6.07) is 5.99. The Labute approximate surface area is 134 Å². The van der Waals surface area contributed by atoms with Gasteiger partial charge in [-0.2, -0.15) is 0 Å². The van der Waals surface area contributed by atoms with Crippen molar-refractivity contribution in [3.63, 3.8) is 0 Å². The second-order valence-electron chi connectivity index (χ2n) is 6.66. The van der Waals surface area contributed by atoms with Crippen LogP contribution in [0.5, 0.6) is 0 Å². The monoisotopic (exact) mass is 313 g/mol. The third-order valence-corrected chi connectivity index (χ3v) is 5.25. The lowest BCUT2D eigenvalue weighted by atomic mass is 9.87. The van der Waals surface area contributed by atoms with Crippen molar-refractivity contribution < 1.29 is 19.7 Å². The fraction of sp³-hybridized carbons (Fsp3) is 0.389. The van der Waals surface area contributed by atoms with Crippen LogP contribution in [-0.4, -0.2) is 16.2 Å². The van der Waals surface area contributed by atoms with Gasteiger partial charge < -0.3 is 20.3 Å². The van der Waals surface area contributed by atoms with Gasteiger partial charge >= 0.3 is 5.97 Å². The molecule has 5 heteroatoms. The van der Waals surface area contributed by atoms with E-state index in [0.29, 0.717) is 11.6 Å². The summed E-state index contributed by atoms with van der Waals surface area (Å²) < 4.78 is 5.35. The zero-order valence-electron chi connectivity index (χ0n) is 12.9. The lowest BCUT2D eigenvalue weighted by molar-refractivity contribution is -0.137. The molecule has 5 nitrogen and oxygen atoms in total. The molecule has 1 heterocycles. The number of aliphatic carboxylic acids is 1. The molecule has 120 valence electrons. The number of fused-ring (bicyclic) bond motifs is 1. The van der Waals surface area contributed by atoms with E-state index in [9.17, 15) is 15.0 Å². The van der Waals surface area contributed by atoms with Crippen molar-refractivity contribution in [1.82, 2.24) is 0 Å². The van der Waals surface area contributed by atoms with E-state index >= 15 is 0 Å². The molecule has 1 aromatic rings. The highest BCUT2D eigenvalue weighted by molar-refractivity contribution is 5.69. The van der Waals surface area contributed by atoms with E-state index < -0.39 is 5.97 Å². The normalized spacial score (nSPS) is 25.1. The van der Waals surface area contributed by atoms with Crippen molar-refractivity contribution in [2.75, 3.05) is 5.32 Å². The predicted octanol–water partition coefficient (Wildman–Crippen LogP) is 3.65. The Morgan fingerprint density at radius 3 is 2.87 bits per heavy atom. The highest BCUT2D eigenvalue weighted by Gasteiger charge is 2.54. The zero-order valence-corrected chi connectivity index (χ0v) is 12.9. The maximum Gasteiger partial charge on any atom is 0.303 e. The number of rotatable bonds is 4. The van der Waals surface area contributed by atoms with Crippen molar-refractivity contribution in [3.05, 3.63) is 52.8 Å². The van der Waals surface area contributed by atoms with Crippen LogP contribution >= 0.6 is 0 Å². The number of hydrogen-bond acceptors (Lipinski definition) is 4. The molecule has 1 atom stereocenters. The average molecular weight is 313 g/mol. The SMILES string of the molecule is C/C=C1/OC(Nc2ccc3c(c2)CC2(CC2)C3CC(=O)O)=C1O. The minimum absolute atomic E-state index is 0.131. The average Bonchev–Trinajstić information content (AvgIpc) is 3.22. The molecule has 1 aromatic carbocycles. The maximum atomic E-state index is 11.2. The Morgan fingerprint density at radius 2 is 2.26 bits per heavy atom. The molecule has 3 N–H and O–H groups in total. The zero-order chi connectivity index (χ0) is 16.2. The number of carboxylic acid groups (broad SMARTS) is 1. The summed E-state index contributed by atoms with van der Waals surface area (Å²) in [7, 11) is 0. The lowest BCUT2D eigenvalue weighted by Crippen LogP contribution is -2.18. The van der Waals surface area contributed by atoms with Crippen LogP contribution in [0.1, 0.15) is 43.2 Å². The Kier molecular flexibility index (Phi) is 2.95. The minimum atomic E-state index is -0.729. The Bertz CT molecular complexity index is 758. The van der Waals surface area contributed by atoms with E-state index in [2.05, 4.69) is 11.4 Å². The summed E-state index contributed by atoms with van der Waals surface area (Å²) in [5.74, 6) is 0.376. The van der Waals surface area contributed by atoms with E-state index in [1.165, 1.54) is 5.56 Å². The van der Waals surface area contributed by atoms with Crippen LogP contribution in [0.2, 0.25) is 0 Å². The van der Waals surface area contributed by atoms with Gasteiger partial charge in [-0.1, -0.05) is 6.07 Å². The number of ether oxygens (including phenoxy) is 1. The predicted molar refractivity (Wildman–Crippen MR) is 84.9 cm³/mol. The molecule has 0 amide bonds. The fourth-order valence-electron chi connectivity index (χ4n) is 3.88. The van der Waals surface area contributed by atoms with Crippen molar-refractivity contribution >= 4 is 11.7 Å². The minimum Gasteiger partial charge on any atom is -0.501 e. The molecule has 1 saturated carbocycles. The van der Waals surface area contributed by atoms with Gasteiger partial charge in [0.25, 0.3) is 0 Å². The van der Waals surface area contributed by atoms with Gasteiger partial charge in [0.05, 0.1) is 6.42 Å². The number of carbonyl (C=O) groups is 1. The number of anilines is 1. The molecule has 1 unspecified atom stereocenters. The molecule has 1 spiro atoms. The van der Waals surface area contributed by atoms with Crippen LogP contribution in [0.4, 0.5) is 5.69 Å². The number of aliphatic hydroxyl groups excluding tert-OH is 1. The molecular weight excluding hydrogens is 294 g/mol. The van der Waals surface area contributed by atoms with Gasteiger partial charge in [-0.3, -0.25) is 4.79 Å². The van der Waals surface area contributed by atoms with Gasteiger partial charge in [-0.05, 0) is 60.9 Å². The first-order valence-electron chi connectivity index (χ1n) is 7.92. The largest absolute Gasteiger partial charge is 0.501 e. The highest BCUT2D eigenvalue weighted by Crippen LogP contribution is 2.64. The van der Waals surface area contributed by atoms with Gasteiger partial charge in [-0.15, -0.1) is 0 Å². The topological polar surface area (TPSA) is 78.8 Å². The molecule has 4 rings (SSSR count). The Hall–Kier alpha value is -2.43. The molecule has 23 heavy (non-hydrogen) atoms. The summed E-state index contributed by atoms with van der Waals surface area (Å²) in [5.41, 5.74) is 3.40. The van der Waals surface area contributed by atoms with Gasteiger partial charge in [-0.25, -0.2) is 0 Å². The van der Waals surface area contributed by atoms with Gasteiger partial charge in [0.2, 0.25) is 11.6 Å². The number of aliphatic hydroxyl groups is 1. The third-order valence-electron chi connectivity index (χ3n) is 5.25. The Morgan fingerprint density at radius 1 is 1.48 bits per heavy atom. The lowest BCUT2D eigenvalue weighted by Gasteiger charge is -2.24. The van der Waals surface area contributed by atoms with Crippen molar-refractivity contribution in [3.8, 4) is 0 Å². The second kappa shape index (κ2) is 4.78. The van der Waals surface area contributed by atoms with E-state index in [0.717, 1.165) is 30.5 Å².